The summed E-state index contributed by atoms with van der Waals surface area (Å²) in [6.07, 6.45) is 0. The van der Waals surface area contributed by atoms with Crippen molar-refractivity contribution >= 4 is 24.6 Å². The van der Waals surface area contributed by atoms with Crippen LogP contribution in [0.3, 0.4) is 0 Å². The Kier molecular flexibility index (Phi) is 7.62. The second kappa shape index (κ2) is 8.46. The molecule has 1 aromatic rings. The molecule has 17 heavy (non-hydrogen) atoms. The molecule has 5 nitrogen and oxygen atoms in total. The van der Waals surface area contributed by atoms with Gasteiger partial charge in [0.1, 0.15) is 11.3 Å². The van der Waals surface area contributed by atoms with Crippen molar-refractivity contribution in [1.29, 1.82) is 0 Å². The summed E-state index contributed by atoms with van der Waals surface area (Å²) in [6.45, 7) is 2.21. The molecule has 0 saturated carbocycles. The zero-order chi connectivity index (χ0) is 13.3. The lowest BCUT2D eigenvalue weighted by molar-refractivity contribution is -0.139. The number of rotatable bonds is 3. The van der Waals surface area contributed by atoms with Gasteiger partial charge in [0.2, 0.25) is 0 Å². The largest absolute Gasteiger partial charge is 0.507 e. The minimum atomic E-state index is -1.11. The average molecular weight is 258 g/mol. The van der Waals surface area contributed by atoms with Crippen molar-refractivity contribution in [3.05, 3.63) is 29.8 Å². The fourth-order valence-electron chi connectivity index (χ4n) is 0.861. The highest BCUT2D eigenvalue weighted by molar-refractivity contribution is 7.81. The maximum atomic E-state index is 10.3. The van der Waals surface area contributed by atoms with Crippen LogP contribution in [0, 0.1) is 0 Å². The van der Waals surface area contributed by atoms with Gasteiger partial charge >= 0.3 is 11.9 Å². The van der Waals surface area contributed by atoms with Crippen LogP contribution in [0.25, 0.3) is 0 Å². The molecule has 1 aromatic carbocycles. The van der Waals surface area contributed by atoms with Crippen LogP contribution < -0.4 is 0 Å². The first-order valence-corrected chi connectivity index (χ1v) is 5.43. The van der Waals surface area contributed by atoms with Gasteiger partial charge in [-0.05, 0) is 19.1 Å². The highest BCUT2D eigenvalue weighted by atomic mass is 32.1. The van der Waals surface area contributed by atoms with E-state index in [1.54, 1.807) is 19.1 Å². The Morgan fingerprint density at radius 2 is 1.94 bits per heavy atom. The molecule has 0 unspecified atom stereocenters. The summed E-state index contributed by atoms with van der Waals surface area (Å²) in [6, 6.07) is 5.81. The molecule has 0 fully saturated rings. The van der Waals surface area contributed by atoms with E-state index >= 15 is 0 Å². The van der Waals surface area contributed by atoms with E-state index in [4.69, 9.17) is 10.2 Å². The standard InChI is InChI=1S/C7H6O3.C4H8O2S/c8-6-4-2-1-3-5(6)7(9)10;1-2-6-4(5)3-7/h1-4,8H,(H,9,10);7H,2-3H2,1H3. The van der Waals surface area contributed by atoms with Crippen LogP contribution >= 0.6 is 12.6 Å². The van der Waals surface area contributed by atoms with Crippen molar-refractivity contribution in [3.8, 4) is 5.75 Å². The SMILES string of the molecule is CCOC(=O)CS.O=C(O)c1ccccc1O. The van der Waals surface area contributed by atoms with Crippen molar-refractivity contribution < 1.29 is 24.5 Å². The topological polar surface area (TPSA) is 83.8 Å². The van der Waals surface area contributed by atoms with Crippen molar-refractivity contribution in [2.24, 2.45) is 0 Å². The molecular weight excluding hydrogens is 244 g/mol. The lowest BCUT2D eigenvalue weighted by Crippen LogP contribution is -2.03. The number of carboxylic acids is 1. The predicted molar refractivity (Wildman–Crippen MR) is 65.6 cm³/mol. The van der Waals surface area contributed by atoms with Crippen LogP contribution in [0.4, 0.5) is 0 Å². The summed E-state index contributed by atoms with van der Waals surface area (Å²) in [7, 11) is 0. The number of carbonyl (C=O) groups excluding carboxylic acids is 1. The van der Waals surface area contributed by atoms with E-state index in [0.717, 1.165) is 0 Å². The first-order chi connectivity index (χ1) is 8.02. The summed E-state index contributed by atoms with van der Waals surface area (Å²) in [5.41, 5.74) is -0.0671. The van der Waals surface area contributed by atoms with Gasteiger partial charge in [-0.1, -0.05) is 12.1 Å². The number of phenols is 1. The van der Waals surface area contributed by atoms with Gasteiger partial charge in [0, 0.05) is 0 Å². The molecule has 6 heteroatoms. The Morgan fingerprint density at radius 3 is 2.24 bits per heavy atom. The maximum Gasteiger partial charge on any atom is 0.339 e. The van der Waals surface area contributed by atoms with E-state index in [2.05, 4.69) is 17.4 Å². The van der Waals surface area contributed by atoms with Gasteiger partial charge in [0.15, 0.2) is 0 Å². The number of thiol groups is 1. The second-order valence-electron chi connectivity index (χ2n) is 2.79. The Balaban J connectivity index is 0.000000325. The minimum absolute atomic E-state index is 0.0671. The molecule has 0 bridgehead atoms. The zero-order valence-corrected chi connectivity index (χ0v) is 10.2. The number of benzene rings is 1. The summed E-state index contributed by atoms with van der Waals surface area (Å²) < 4.78 is 4.48. The molecule has 2 N–H and O–H groups in total. The molecule has 0 aliphatic heterocycles. The van der Waals surface area contributed by atoms with Crippen LogP contribution in [0.2, 0.25) is 0 Å². The highest BCUT2D eigenvalue weighted by Gasteiger charge is 2.05. The van der Waals surface area contributed by atoms with Crippen LogP contribution in [0.15, 0.2) is 24.3 Å². The van der Waals surface area contributed by atoms with E-state index in [0.29, 0.717) is 6.61 Å². The Morgan fingerprint density at radius 1 is 1.35 bits per heavy atom. The monoisotopic (exact) mass is 258 g/mol. The van der Waals surface area contributed by atoms with E-state index in [1.807, 2.05) is 0 Å². The molecule has 0 aromatic heterocycles. The smallest absolute Gasteiger partial charge is 0.339 e. The fraction of sp³-hybridized carbons (Fsp3) is 0.273. The average Bonchev–Trinajstić information content (AvgIpc) is 2.30. The van der Waals surface area contributed by atoms with Crippen molar-refractivity contribution in [2.45, 2.75) is 6.92 Å². The number of esters is 1. The zero-order valence-electron chi connectivity index (χ0n) is 9.29. The lowest BCUT2D eigenvalue weighted by atomic mass is 10.2. The van der Waals surface area contributed by atoms with E-state index < -0.39 is 5.97 Å². The maximum absolute atomic E-state index is 10.3. The first-order valence-electron chi connectivity index (χ1n) is 4.80. The third kappa shape index (κ3) is 6.47. The quantitative estimate of drug-likeness (QED) is 0.566. The number of carboxylic acid groups (broad SMARTS) is 1. The Bertz CT molecular complexity index is 378. The van der Waals surface area contributed by atoms with Gasteiger partial charge in [-0.15, -0.1) is 0 Å². The first kappa shape index (κ1) is 15.3. The predicted octanol–water partition coefficient (Wildman–Crippen LogP) is 1.57. The molecule has 0 atom stereocenters. The highest BCUT2D eigenvalue weighted by Crippen LogP contribution is 2.14. The molecule has 0 heterocycles. The molecule has 0 saturated heterocycles. The van der Waals surface area contributed by atoms with Crippen LogP contribution in [0.5, 0.6) is 5.75 Å². The molecule has 0 aliphatic carbocycles. The number of carbonyl (C=O) groups is 2. The van der Waals surface area contributed by atoms with Gasteiger partial charge in [0.25, 0.3) is 0 Å². The van der Waals surface area contributed by atoms with Crippen LogP contribution in [-0.2, 0) is 9.53 Å². The van der Waals surface area contributed by atoms with Gasteiger partial charge in [0.05, 0.1) is 12.4 Å². The number of hydrogen-bond donors (Lipinski definition) is 3. The number of aromatic hydroxyl groups is 1. The number of para-hydroxylation sites is 1. The molecule has 1 rings (SSSR count). The summed E-state index contributed by atoms with van der Waals surface area (Å²) in [4.78, 5) is 20.4. The minimum Gasteiger partial charge on any atom is -0.507 e. The van der Waals surface area contributed by atoms with Gasteiger partial charge in [-0.3, -0.25) is 4.79 Å². The number of ether oxygens (including phenoxy) is 1. The summed E-state index contributed by atoms with van der Waals surface area (Å²) in [5.74, 6) is -1.40. The number of aromatic carboxylic acids is 1. The van der Waals surface area contributed by atoms with E-state index in [-0.39, 0.29) is 23.0 Å². The third-order valence-electron chi connectivity index (χ3n) is 1.57. The van der Waals surface area contributed by atoms with Crippen molar-refractivity contribution in [1.82, 2.24) is 0 Å². The number of hydrogen-bond acceptors (Lipinski definition) is 5. The van der Waals surface area contributed by atoms with E-state index in [9.17, 15) is 9.59 Å². The van der Waals surface area contributed by atoms with Crippen molar-refractivity contribution in [2.75, 3.05) is 12.4 Å². The van der Waals surface area contributed by atoms with Crippen molar-refractivity contribution in [3.63, 3.8) is 0 Å². The van der Waals surface area contributed by atoms with Crippen LogP contribution in [-0.4, -0.2) is 34.5 Å². The molecule has 0 amide bonds. The normalized spacial score (nSPS) is 8.82. The van der Waals surface area contributed by atoms with E-state index in [1.165, 1.54) is 12.1 Å². The molecular formula is C11H14O5S. The van der Waals surface area contributed by atoms with Gasteiger partial charge in [-0.2, -0.15) is 12.6 Å². The van der Waals surface area contributed by atoms with Gasteiger partial charge in [-0.25, -0.2) is 4.79 Å². The summed E-state index contributed by atoms with van der Waals surface area (Å²) >= 11 is 3.67. The second-order valence-corrected chi connectivity index (χ2v) is 3.10. The molecule has 0 aliphatic rings. The molecule has 94 valence electrons. The third-order valence-corrected chi connectivity index (χ3v) is 1.83. The Labute approximate surface area is 104 Å². The molecule has 0 spiro atoms. The van der Waals surface area contributed by atoms with Gasteiger partial charge < -0.3 is 14.9 Å². The lowest BCUT2D eigenvalue weighted by Gasteiger charge is -1.95. The van der Waals surface area contributed by atoms with Crippen LogP contribution in [0.1, 0.15) is 17.3 Å². The summed E-state index contributed by atoms with van der Waals surface area (Å²) in [5, 5.41) is 17.3. The molecule has 0 radical (unpaired) electrons. The fourth-order valence-corrected chi connectivity index (χ4v) is 0.952. The Hall–Kier alpha value is -1.69.